The summed E-state index contributed by atoms with van der Waals surface area (Å²) >= 11 is 0. The monoisotopic (exact) mass is 479 g/mol. The number of pyridine rings is 1. The number of rotatable bonds is 6. The number of alkyl halides is 3. The van der Waals surface area contributed by atoms with E-state index in [4.69, 9.17) is 4.74 Å². The van der Waals surface area contributed by atoms with Crippen molar-refractivity contribution in [1.82, 2.24) is 4.98 Å². The number of carboxylic acid groups (broad SMARTS) is 1. The number of benzene rings is 2. The van der Waals surface area contributed by atoms with Crippen LogP contribution in [0.4, 0.5) is 17.6 Å². The van der Waals surface area contributed by atoms with Crippen LogP contribution in [0.15, 0.2) is 60.8 Å². The molecule has 2 aromatic carbocycles. The van der Waals surface area contributed by atoms with Crippen molar-refractivity contribution >= 4 is 17.1 Å². The number of ether oxygens (including phenoxy) is 1. The topological polar surface area (TPSA) is 62.2 Å². The second-order valence-corrected chi connectivity index (χ2v) is 7.64. The van der Waals surface area contributed by atoms with E-state index >= 15 is 0 Å². The Labute approximate surface area is 215 Å². The van der Waals surface area contributed by atoms with E-state index in [9.17, 15) is 27.5 Å². The minimum absolute atomic E-state index is 0. The molecule has 1 aliphatic rings. The molecule has 0 radical (unpaired) electrons. The molecular weight excluding hydrogens is 461 g/mol. The molecule has 0 unspecified atom stereocenters. The van der Waals surface area contributed by atoms with Gasteiger partial charge in [0, 0.05) is 17.3 Å². The maximum Gasteiger partial charge on any atom is 1.00 e. The van der Waals surface area contributed by atoms with Crippen LogP contribution >= 0.6 is 0 Å². The van der Waals surface area contributed by atoms with Gasteiger partial charge in [-0.3, -0.25) is 0 Å². The van der Waals surface area contributed by atoms with Gasteiger partial charge in [0.1, 0.15) is 12.4 Å². The molecule has 1 aromatic heterocycles. The molecule has 0 saturated carbocycles. The normalized spacial score (nSPS) is 13.5. The van der Waals surface area contributed by atoms with Gasteiger partial charge >= 0.3 is 35.7 Å². The minimum atomic E-state index is -4.60. The van der Waals surface area contributed by atoms with Gasteiger partial charge in [-0.1, -0.05) is 36.4 Å². The van der Waals surface area contributed by atoms with Crippen LogP contribution in [-0.4, -0.2) is 11.0 Å². The standard InChI is InChI=1S/C25H19F4NO3.Na/c26-22-10-9-16(11-21(22)24(31)32)18-7-4-8-19(18)20-12-17(25(27,28)29)13-30-23(20)33-14-15-5-2-1-3-6-15;/h1-3,5-6,9-13H,4,7-8,14H2,(H,31,32);/q;+1/p-1. The summed E-state index contributed by atoms with van der Waals surface area (Å²) in [6.07, 6.45) is -2.31. The SMILES string of the molecule is O=C([O-])c1cc(C2=C(c3cc(C(F)(F)F)cnc3OCc3ccccc3)CCC2)ccc1F.[Na+]. The average molecular weight is 479 g/mol. The summed E-state index contributed by atoms with van der Waals surface area (Å²) < 4.78 is 59.9. The molecule has 34 heavy (non-hydrogen) atoms. The zero-order chi connectivity index (χ0) is 23.6. The summed E-state index contributed by atoms with van der Waals surface area (Å²) in [5.74, 6) is -2.56. The molecule has 4 nitrogen and oxygen atoms in total. The Kier molecular flexibility index (Phi) is 8.17. The van der Waals surface area contributed by atoms with E-state index in [1.165, 1.54) is 6.07 Å². The molecule has 170 valence electrons. The van der Waals surface area contributed by atoms with Gasteiger partial charge in [-0.15, -0.1) is 0 Å². The van der Waals surface area contributed by atoms with Crippen molar-refractivity contribution in [1.29, 1.82) is 0 Å². The third kappa shape index (κ3) is 5.68. The molecule has 9 heteroatoms. The quantitative estimate of drug-likeness (QED) is 0.402. The molecule has 0 amide bonds. The fourth-order valence-electron chi connectivity index (χ4n) is 3.89. The molecule has 0 fully saturated rings. The molecule has 3 aromatic rings. The smallest absolute Gasteiger partial charge is 0.545 e. The van der Waals surface area contributed by atoms with Crippen LogP contribution in [0, 0.1) is 5.82 Å². The molecule has 1 heterocycles. The molecule has 0 bridgehead atoms. The van der Waals surface area contributed by atoms with E-state index in [-0.39, 0.29) is 47.6 Å². The minimum Gasteiger partial charge on any atom is -0.545 e. The molecule has 0 N–H and O–H groups in total. The van der Waals surface area contributed by atoms with Crippen molar-refractivity contribution in [2.75, 3.05) is 0 Å². The van der Waals surface area contributed by atoms with Crippen LogP contribution in [0.1, 0.15) is 51.9 Å². The first-order chi connectivity index (χ1) is 15.7. The predicted octanol–water partition coefficient (Wildman–Crippen LogP) is 2.28. The summed E-state index contributed by atoms with van der Waals surface area (Å²) in [5.41, 5.74) is 1.09. The molecule has 0 saturated heterocycles. The summed E-state index contributed by atoms with van der Waals surface area (Å²) in [6.45, 7) is 0.111. The van der Waals surface area contributed by atoms with E-state index in [0.717, 1.165) is 30.0 Å². The Hall–Kier alpha value is -2.68. The number of carbonyl (C=O) groups excluding carboxylic acids is 1. The van der Waals surface area contributed by atoms with E-state index in [2.05, 4.69) is 4.98 Å². The van der Waals surface area contributed by atoms with Gasteiger partial charge in [0.05, 0.1) is 11.5 Å². The summed E-state index contributed by atoms with van der Waals surface area (Å²) in [7, 11) is 0. The van der Waals surface area contributed by atoms with Crippen LogP contribution in [0.2, 0.25) is 0 Å². The van der Waals surface area contributed by atoms with Gasteiger partial charge in [-0.2, -0.15) is 13.2 Å². The van der Waals surface area contributed by atoms with E-state index < -0.39 is 29.1 Å². The molecule has 0 atom stereocenters. The molecule has 1 aliphatic carbocycles. The summed E-state index contributed by atoms with van der Waals surface area (Å²) in [4.78, 5) is 15.2. The van der Waals surface area contributed by atoms with E-state index in [0.29, 0.717) is 36.0 Å². The maximum atomic E-state index is 13.8. The molecule has 4 rings (SSSR count). The Morgan fingerprint density at radius 3 is 2.41 bits per heavy atom. The van der Waals surface area contributed by atoms with E-state index in [1.807, 2.05) is 30.3 Å². The number of aromatic nitrogens is 1. The van der Waals surface area contributed by atoms with Crippen molar-refractivity contribution in [3.63, 3.8) is 0 Å². The Morgan fingerprint density at radius 1 is 1.03 bits per heavy atom. The average Bonchev–Trinajstić information content (AvgIpc) is 3.27. The third-order valence-electron chi connectivity index (χ3n) is 5.47. The van der Waals surface area contributed by atoms with E-state index in [1.54, 1.807) is 0 Å². The number of hydrogen-bond donors (Lipinski definition) is 0. The predicted molar refractivity (Wildman–Crippen MR) is 111 cm³/mol. The van der Waals surface area contributed by atoms with Crippen LogP contribution in [0.3, 0.4) is 0 Å². The maximum absolute atomic E-state index is 13.8. The first-order valence-electron chi connectivity index (χ1n) is 10.2. The van der Waals surface area contributed by atoms with Crippen molar-refractivity contribution in [3.8, 4) is 5.88 Å². The van der Waals surface area contributed by atoms with Crippen LogP contribution in [-0.2, 0) is 12.8 Å². The summed E-state index contributed by atoms with van der Waals surface area (Å²) in [6, 6.07) is 13.7. The van der Waals surface area contributed by atoms with Gasteiger partial charge in [0.25, 0.3) is 0 Å². The van der Waals surface area contributed by atoms with Gasteiger partial charge in [-0.05, 0) is 59.7 Å². The van der Waals surface area contributed by atoms with Crippen LogP contribution in [0.25, 0.3) is 11.1 Å². The van der Waals surface area contributed by atoms with Crippen molar-refractivity contribution in [2.45, 2.75) is 32.0 Å². The summed E-state index contributed by atoms with van der Waals surface area (Å²) in [5, 5.41) is 11.2. The number of allylic oxidation sites excluding steroid dienone is 2. The van der Waals surface area contributed by atoms with Crippen molar-refractivity contribution in [2.24, 2.45) is 0 Å². The third-order valence-corrected chi connectivity index (χ3v) is 5.47. The van der Waals surface area contributed by atoms with Crippen LogP contribution in [0.5, 0.6) is 5.88 Å². The fourth-order valence-corrected chi connectivity index (χ4v) is 3.89. The Morgan fingerprint density at radius 2 is 1.74 bits per heavy atom. The number of hydrogen-bond acceptors (Lipinski definition) is 4. The Balaban J connectivity index is 0.00000324. The van der Waals surface area contributed by atoms with Gasteiger partial charge in [-0.25, -0.2) is 9.37 Å². The van der Waals surface area contributed by atoms with Gasteiger partial charge in [0.2, 0.25) is 5.88 Å². The fraction of sp³-hybridized carbons (Fsp3) is 0.200. The number of carbonyl (C=O) groups is 1. The largest absolute Gasteiger partial charge is 1.00 e. The zero-order valence-electron chi connectivity index (χ0n) is 18.3. The van der Waals surface area contributed by atoms with Gasteiger partial charge < -0.3 is 14.6 Å². The number of carboxylic acids is 1. The zero-order valence-corrected chi connectivity index (χ0v) is 20.3. The van der Waals surface area contributed by atoms with Gasteiger partial charge in [0.15, 0.2) is 0 Å². The van der Waals surface area contributed by atoms with Crippen molar-refractivity contribution in [3.05, 3.63) is 94.4 Å². The number of halogens is 4. The molecular formula is C25H18F4NNaO3. The first-order valence-corrected chi connectivity index (χ1v) is 10.2. The van der Waals surface area contributed by atoms with Crippen LogP contribution < -0.4 is 39.4 Å². The first kappa shape index (κ1) is 25.9. The second-order valence-electron chi connectivity index (χ2n) is 7.64. The van der Waals surface area contributed by atoms with Crippen molar-refractivity contribution < 1.29 is 61.8 Å². The number of aromatic carboxylic acids is 1. The molecule has 0 spiro atoms. The molecule has 0 aliphatic heterocycles. The number of nitrogens with zero attached hydrogens (tertiary/aromatic N) is 1. The Bertz CT molecular complexity index is 1230. The second kappa shape index (κ2) is 10.7.